The van der Waals surface area contributed by atoms with E-state index in [4.69, 9.17) is 5.73 Å². The molecule has 0 amide bonds. The van der Waals surface area contributed by atoms with E-state index in [1.165, 1.54) is 43.5 Å². The van der Waals surface area contributed by atoms with Gasteiger partial charge in [0.1, 0.15) is 0 Å². The summed E-state index contributed by atoms with van der Waals surface area (Å²) in [5, 5.41) is 0. The van der Waals surface area contributed by atoms with Gasteiger partial charge < -0.3 is 5.73 Å². The van der Waals surface area contributed by atoms with Crippen molar-refractivity contribution >= 4 is 0 Å². The van der Waals surface area contributed by atoms with Crippen molar-refractivity contribution in [3.63, 3.8) is 0 Å². The third-order valence-corrected chi connectivity index (χ3v) is 4.84. The average Bonchev–Trinajstić information content (AvgIpc) is 2.88. The van der Waals surface area contributed by atoms with E-state index < -0.39 is 0 Å². The van der Waals surface area contributed by atoms with Crippen molar-refractivity contribution in [2.75, 3.05) is 19.6 Å². The van der Waals surface area contributed by atoms with Gasteiger partial charge in [0, 0.05) is 19.1 Å². The summed E-state index contributed by atoms with van der Waals surface area (Å²) in [5.74, 6) is 0.873. The molecule has 0 saturated carbocycles. The zero-order valence-electron chi connectivity index (χ0n) is 14.2. The largest absolute Gasteiger partial charge is 0.329 e. The van der Waals surface area contributed by atoms with Crippen LogP contribution in [0.3, 0.4) is 0 Å². The minimum absolute atomic E-state index is 0.219. The van der Waals surface area contributed by atoms with Gasteiger partial charge in [-0.1, -0.05) is 58.4 Å². The van der Waals surface area contributed by atoms with Gasteiger partial charge in [-0.3, -0.25) is 4.90 Å². The smallest absolute Gasteiger partial charge is 0.0470 e. The van der Waals surface area contributed by atoms with Gasteiger partial charge in [0.15, 0.2) is 0 Å². The number of rotatable bonds is 5. The van der Waals surface area contributed by atoms with Gasteiger partial charge in [-0.15, -0.1) is 0 Å². The normalized spacial score (nSPS) is 21.7. The molecule has 1 aliphatic heterocycles. The van der Waals surface area contributed by atoms with E-state index in [1.54, 1.807) is 0 Å². The third kappa shape index (κ3) is 4.08. The number of hydrogen-bond acceptors (Lipinski definition) is 2. The zero-order chi connectivity index (χ0) is 15.5. The monoisotopic (exact) mass is 288 g/mol. The number of likely N-dealkylation sites (tertiary alicyclic amines) is 1. The van der Waals surface area contributed by atoms with Crippen molar-refractivity contribution in [3.8, 4) is 0 Å². The van der Waals surface area contributed by atoms with Gasteiger partial charge in [0.2, 0.25) is 0 Å². The predicted molar refractivity (Wildman–Crippen MR) is 91.5 cm³/mol. The lowest BCUT2D eigenvalue weighted by Crippen LogP contribution is -2.32. The van der Waals surface area contributed by atoms with Gasteiger partial charge in [0.25, 0.3) is 0 Å². The van der Waals surface area contributed by atoms with Gasteiger partial charge in [-0.2, -0.15) is 0 Å². The summed E-state index contributed by atoms with van der Waals surface area (Å²) in [7, 11) is 0. The summed E-state index contributed by atoms with van der Waals surface area (Å²) in [5.41, 5.74) is 9.08. The van der Waals surface area contributed by atoms with Gasteiger partial charge >= 0.3 is 0 Å². The molecule has 0 spiro atoms. The van der Waals surface area contributed by atoms with Crippen LogP contribution in [0.2, 0.25) is 0 Å². The van der Waals surface area contributed by atoms with Gasteiger partial charge in [-0.25, -0.2) is 0 Å². The first kappa shape index (κ1) is 16.5. The van der Waals surface area contributed by atoms with Crippen molar-refractivity contribution < 1.29 is 0 Å². The van der Waals surface area contributed by atoms with Crippen LogP contribution in [0.15, 0.2) is 24.3 Å². The Hall–Kier alpha value is -0.860. The SMILES string of the molecule is CCCC1CCN(C(CN)c2ccc(C(C)(C)C)cc2)C1. The van der Waals surface area contributed by atoms with E-state index in [2.05, 4.69) is 56.9 Å². The average molecular weight is 288 g/mol. The molecule has 1 aromatic rings. The Morgan fingerprint density at radius 2 is 1.90 bits per heavy atom. The molecule has 2 unspecified atom stereocenters. The molecule has 1 saturated heterocycles. The van der Waals surface area contributed by atoms with Crippen molar-refractivity contribution in [2.24, 2.45) is 11.7 Å². The van der Waals surface area contributed by atoms with Crippen molar-refractivity contribution in [3.05, 3.63) is 35.4 Å². The first-order valence-electron chi connectivity index (χ1n) is 8.50. The molecular weight excluding hydrogens is 256 g/mol. The standard InChI is InChI=1S/C19H32N2/c1-5-6-15-11-12-21(14-15)18(13-20)16-7-9-17(10-8-16)19(2,3)4/h7-10,15,18H,5-6,11-14,20H2,1-4H3. The molecule has 2 N–H and O–H groups in total. The molecule has 2 nitrogen and oxygen atoms in total. The Morgan fingerprint density at radius 1 is 1.24 bits per heavy atom. The van der Waals surface area contributed by atoms with E-state index in [0.717, 1.165) is 5.92 Å². The Morgan fingerprint density at radius 3 is 2.43 bits per heavy atom. The van der Waals surface area contributed by atoms with E-state index >= 15 is 0 Å². The molecule has 2 rings (SSSR count). The van der Waals surface area contributed by atoms with Crippen LogP contribution in [0.5, 0.6) is 0 Å². The number of hydrogen-bond donors (Lipinski definition) is 1. The van der Waals surface area contributed by atoms with Crippen LogP contribution >= 0.6 is 0 Å². The van der Waals surface area contributed by atoms with E-state index in [0.29, 0.717) is 12.6 Å². The summed E-state index contributed by atoms with van der Waals surface area (Å²) < 4.78 is 0. The highest BCUT2D eigenvalue weighted by Gasteiger charge is 2.28. The van der Waals surface area contributed by atoms with Crippen molar-refractivity contribution in [1.82, 2.24) is 4.90 Å². The highest BCUT2D eigenvalue weighted by molar-refractivity contribution is 5.29. The lowest BCUT2D eigenvalue weighted by molar-refractivity contribution is 0.239. The molecular formula is C19H32N2. The number of nitrogens with two attached hydrogens (primary N) is 1. The summed E-state index contributed by atoms with van der Waals surface area (Å²) in [4.78, 5) is 2.59. The second-order valence-electron chi connectivity index (χ2n) is 7.56. The lowest BCUT2D eigenvalue weighted by Gasteiger charge is -2.28. The summed E-state index contributed by atoms with van der Waals surface area (Å²) in [6.07, 6.45) is 3.99. The second-order valence-corrected chi connectivity index (χ2v) is 7.56. The fraction of sp³-hybridized carbons (Fsp3) is 0.684. The molecule has 2 atom stereocenters. The fourth-order valence-electron chi connectivity index (χ4n) is 3.49. The van der Waals surface area contributed by atoms with E-state index in [9.17, 15) is 0 Å². The Balaban J connectivity index is 2.08. The van der Waals surface area contributed by atoms with E-state index in [-0.39, 0.29) is 5.41 Å². The van der Waals surface area contributed by atoms with Crippen LogP contribution in [0.4, 0.5) is 0 Å². The maximum Gasteiger partial charge on any atom is 0.0470 e. The Bertz CT molecular complexity index is 430. The molecule has 118 valence electrons. The highest BCUT2D eigenvalue weighted by atomic mass is 15.2. The molecule has 1 fully saturated rings. The summed E-state index contributed by atoms with van der Waals surface area (Å²) in [6.45, 7) is 12.2. The quantitative estimate of drug-likeness (QED) is 0.883. The summed E-state index contributed by atoms with van der Waals surface area (Å²) in [6, 6.07) is 9.51. The Kier molecular flexibility index (Phi) is 5.45. The van der Waals surface area contributed by atoms with Crippen LogP contribution in [0.1, 0.15) is 64.1 Å². The topological polar surface area (TPSA) is 29.3 Å². The molecule has 1 aromatic carbocycles. The predicted octanol–water partition coefficient (Wildman–Crippen LogP) is 4.11. The van der Waals surface area contributed by atoms with Gasteiger partial charge in [0.05, 0.1) is 0 Å². The minimum atomic E-state index is 0.219. The third-order valence-electron chi connectivity index (χ3n) is 4.84. The maximum absolute atomic E-state index is 6.09. The Labute approximate surface area is 130 Å². The molecule has 1 aliphatic rings. The maximum atomic E-state index is 6.09. The fourth-order valence-corrected chi connectivity index (χ4v) is 3.49. The molecule has 0 aromatic heterocycles. The molecule has 0 radical (unpaired) electrons. The number of benzene rings is 1. The second kappa shape index (κ2) is 6.93. The zero-order valence-corrected chi connectivity index (χ0v) is 14.2. The molecule has 2 heteroatoms. The lowest BCUT2D eigenvalue weighted by atomic mass is 9.86. The van der Waals surface area contributed by atoms with Crippen LogP contribution in [-0.4, -0.2) is 24.5 Å². The van der Waals surface area contributed by atoms with E-state index in [1.807, 2.05) is 0 Å². The van der Waals surface area contributed by atoms with Crippen LogP contribution in [-0.2, 0) is 5.41 Å². The molecule has 1 heterocycles. The van der Waals surface area contributed by atoms with Crippen LogP contribution < -0.4 is 5.73 Å². The first-order chi connectivity index (χ1) is 9.95. The minimum Gasteiger partial charge on any atom is -0.329 e. The van der Waals surface area contributed by atoms with Gasteiger partial charge in [-0.05, 0) is 41.8 Å². The van der Waals surface area contributed by atoms with Crippen molar-refractivity contribution in [1.29, 1.82) is 0 Å². The molecule has 0 aliphatic carbocycles. The highest BCUT2D eigenvalue weighted by Crippen LogP contribution is 2.30. The number of nitrogens with zero attached hydrogens (tertiary/aromatic N) is 1. The van der Waals surface area contributed by atoms with Crippen molar-refractivity contribution in [2.45, 2.75) is 58.4 Å². The molecule has 0 bridgehead atoms. The van der Waals surface area contributed by atoms with Crippen LogP contribution in [0, 0.1) is 5.92 Å². The first-order valence-corrected chi connectivity index (χ1v) is 8.50. The van der Waals surface area contributed by atoms with Crippen LogP contribution in [0.25, 0.3) is 0 Å². The summed E-state index contributed by atoms with van der Waals surface area (Å²) >= 11 is 0. The molecule has 21 heavy (non-hydrogen) atoms.